The van der Waals surface area contributed by atoms with E-state index in [0.717, 1.165) is 29.5 Å². The molecular formula is C15H24N2OS. The van der Waals surface area contributed by atoms with Crippen molar-refractivity contribution in [2.45, 2.75) is 51.2 Å². The number of thioether (sulfide) groups is 1. The molecule has 1 amide bonds. The summed E-state index contributed by atoms with van der Waals surface area (Å²) in [5.41, 5.74) is 0. The molecular weight excluding hydrogens is 256 g/mol. The number of nitrogens with one attached hydrogen (secondary N) is 1. The van der Waals surface area contributed by atoms with Gasteiger partial charge in [0.05, 0.1) is 0 Å². The molecule has 3 rings (SSSR count). The molecule has 0 aromatic rings. The van der Waals surface area contributed by atoms with Crippen LogP contribution in [0.1, 0.15) is 46.5 Å². The highest BCUT2D eigenvalue weighted by molar-refractivity contribution is 8.16. The number of hydrogen-bond donors (Lipinski definition) is 1. The molecule has 19 heavy (non-hydrogen) atoms. The molecule has 0 radical (unpaired) electrons. The first kappa shape index (κ1) is 13.5. The van der Waals surface area contributed by atoms with Gasteiger partial charge in [-0.2, -0.15) is 4.99 Å². The summed E-state index contributed by atoms with van der Waals surface area (Å²) in [6, 6.07) is 0. The van der Waals surface area contributed by atoms with Crippen molar-refractivity contribution in [1.29, 1.82) is 0 Å². The van der Waals surface area contributed by atoms with Crippen LogP contribution in [0.2, 0.25) is 0 Å². The molecule has 1 heterocycles. The van der Waals surface area contributed by atoms with Crippen molar-refractivity contribution >= 4 is 22.8 Å². The molecule has 106 valence electrons. The van der Waals surface area contributed by atoms with Gasteiger partial charge in [-0.15, -0.1) is 0 Å². The number of rotatable bonds is 3. The van der Waals surface area contributed by atoms with Crippen molar-refractivity contribution in [3.05, 3.63) is 0 Å². The van der Waals surface area contributed by atoms with Crippen LogP contribution in [0, 0.1) is 23.7 Å². The molecule has 4 atom stereocenters. The van der Waals surface area contributed by atoms with E-state index in [1.807, 2.05) is 6.92 Å². The Morgan fingerprint density at radius 1 is 1.42 bits per heavy atom. The highest BCUT2D eigenvalue weighted by Gasteiger charge is 2.44. The van der Waals surface area contributed by atoms with E-state index < -0.39 is 0 Å². The van der Waals surface area contributed by atoms with Gasteiger partial charge < -0.3 is 5.32 Å². The monoisotopic (exact) mass is 280 g/mol. The molecule has 4 heteroatoms. The summed E-state index contributed by atoms with van der Waals surface area (Å²) in [6.45, 7) is 7.22. The van der Waals surface area contributed by atoms with Crippen LogP contribution in [-0.4, -0.2) is 22.4 Å². The average molecular weight is 280 g/mol. The van der Waals surface area contributed by atoms with Crippen molar-refractivity contribution in [2.24, 2.45) is 28.7 Å². The Labute approximate surface area is 120 Å². The molecule has 2 saturated carbocycles. The minimum atomic E-state index is -0.364. The quantitative estimate of drug-likeness (QED) is 0.864. The maximum Gasteiger partial charge on any atom is 0.264 e. The fourth-order valence-corrected chi connectivity index (χ4v) is 4.81. The van der Waals surface area contributed by atoms with E-state index in [1.165, 1.54) is 25.7 Å². The number of nitrogens with zero attached hydrogens (tertiary/aromatic N) is 1. The molecule has 3 nitrogen and oxygen atoms in total. The van der Waals surface area contributed by atoms with E-state index in [-0.39, 0.29) is 10.7 Å². The summed E-state index contributed by atoms with van der Waals surface area (Å²) >= 11 is 1.62. The van der Waals surface area contributed by atoms with E-state index in [1.54, 1.807) is 11.8 Å². The highest BCUT2D eigenvalue weighted by atomic mass is 32.2. The van der Waals surface area contributed by atoms with Gasteiger partial charge in [-0.25, -0.2) is 0 Å². The third-order valence-electron chi connectivity index (χ3n) is 5.44. The van der Waals surface area contributed by atoms with Gasteiger partial charge in [-0.1, -0.05) is 32.0 Å². The van der Waals surface area contributed by atoms with Gasteiger partial charge in [-0.05, 0) is 49.9 Å². The highest BCUT2D eigenvalue weighted by Crippen LogP contribution is 2.48. The van der Waals surface area contributed by atoms with Gasteiger partial charge in [0.1, 0.15) is 4.75 Å². The zero-order chi connectivity index (χ0) is 13.6. The van der Waals surface area contributed by atoms with Crippen molar-refractivity contribution in [1.82, 2.24) is 5.32 Å². The smallest absolute Gasteiger partial charge is 0.264 e. The maximum atomic E-state index is 12.0. The maximum absolute atomic E-state index is 12.0. The van der Waals surface area contributed by atoms with E-state index in [2.05, 4.69) is 24.2 Å². The van der Waals surface area contributed by atoms with Crippen molar-refractivity contribution in [2.75, 3.05) is 6.54 Å². The number of amides is 1. The third kappa shape index (κ3) is 2.32. The van der Waals surface area contributed by atoms with E-state index >= 15 is 0 Å². The van der Waals surface area contributed by atoms with E-state index in [4.69, 9.17) is 0 Å². The third-order valence-corrected chi connectivity index (χ3v) is 6.94. The molecule has 2 bridgehead atoms. The topological polar surface area (TPSA) is 41.5 Å². The molecule has 2 aliphatic carbocycles. The van der Waals surface area contributed by atoms with Crippen LogP contribution >= 0.6 is 11.8 Å². The largest absolute Gasteiger partial charge is 0.364 e. The van der Waals surface area contributed by atoms with Crippen LogP contribution in [0.3, 0.4) is 0 Å². The molecule has 1 N–H and O–H groups in total. The fourth-order valence-electron chi connectivity index (χ4n) is 3.76. The van der Waals surface area contributed by atoms with Gasteiger partial charge in [0.25, 0.3) is 5.91 Å². The Hall–Kier alpha value is -0.510. The first-order chi connectivity index (χ1) is 8.99. The van der Waals surface area contributed by atoms with E-state index in [9.17, 15) is 4.79 Å². The molecule has 2 unspecified atom stereocenters. The Morgan fingerprint density at radius 3 is 2.74 bits per heavy atom. The first-order valence-electron chi connectivity index (χ1n) is 7.55. The molecule has 2 fully saturated rings. The van der Waals surface area contributed by atoms with Gasteiger partial charge in [0, 0.05) is 6.54 Å². The standard InChI is InChI=1S/C15H24N2OS/c1-9(2)15(3)13(18)17-14(19-15)16-8-12-7-10-4-5-11(12)6-10/h9-12H,4-8H2,1-3H3,(H,16,17,18)/t10-,11?,12?,15-/m1/s1. The van der Waals surface area contributed by atoms with Gasteiger partial charge in [0.15, 0.2) is 5.17 Å². The number of fused-ring (bicyclic) bond motifs is 2. The molecule has 0 spiro atoms. The Kier molecular flexibility index (Phi) is 3.40. The summed E-state index contributed by atoms with van der Waals surface area (Å²) in [5.74, 6) is 3.07. The lowest BCUT2D eigenvalue weighted by atomic mass is 9.89. The van der Waals surface area contributed by atoms with Gasteiger partial charge in [-0.3, -0.25) is 4.79 Å². The summed E-state index contributed by atoms with van der Waals surface area (Å²) in [6.07, 6.45) is 5.68. The zero-order valence-corrected chi connectivity index (χ0v) is 12.9. The average Bonchev–Trinajstić information content (AvgIpc) is 3.03. The lowest BCUT2D eigenvalue weighted by Crippen LogP contribution is -2.34. The predicted octanol–water partition coefficient (Wildman–Crippen LogP) is 3.06. The number of carbonyl (C=O) groups is 1. The van der Waals surface area contributed by atoms with Crippen molar-refractivity contribution in [3.63, 3.8) is 0 Å². The number of amidine groups is 1. The molecule has 3 aliphatic rings. The number of hydrogen-bond acceptors (Lipinski definition) is 3. The number of carbonyl (C=O) groups excluding carboxylic acids is 1. The predicted molar refractivity (Wildman–Crippen MR) is 80.2 cm³/mol. The van der Waals surface area contributed by atoms with Crippen LogP contribution in [0.15, 0.2) is 4.99 Å². The van der Waals surface area contributed by atoms with E-state index in [0.29, 0.717) is 5.92 Å². The zero-order valence-electron chi connectivity index (χ0n) is 12.1. The van der Waals surface area contributed by atoms with Crippen LogP contribution < -0.4 is 5.32 Å². The Bertz CT molecular complexity index is 420. The van der Waals surface area contributed by atoms with Crippen molar-refractivity contribution < 1.29 is 4.79 Å². The first-order valence-corrected chi connectivity index (χ1v) is 8.36. The lowest BCUT2D eigenvalue weighted by molar-refractivity contribution is -0.120. The summed E-state index contributed by atoms with van der Waals surface area (Å²) in [7, 11) is 0. The van der Waals surface area contributed by atoms with Crippen LogP contribution in [0.25, 0.3) is 0 Å². The Balaban J connectivity index is 1.55. The fraction of sp³-hybridized carbons (Fsp3) is 0.867. The second kappa shape index (κ2) is 4.80. The van der Waals surface area contributed by atoms with Gasteiger partial charge >= 0.3 is 0 Å². The molecule has 0 aromatic carbocycles. The number of aliphatic imine (C=N–C) groups is 1. The second-order valence-corrected chi connectivity index (χ2v) is 8.34. The summed E-state index contributed by atoms with van der Waals surface area (Å²) < 4.78 is -0.364. The van der Waals surface area contributed by atoms with Gasteiger partial charge in [0.2, 0.25) is 0 Å². The van der Waals surface area contributed by atoms with Crippen molar-refractivity contribution in [3.8, 4) is 0 Å². The summed E-state index contributed by atoms with van der Waals surface area (Å²) in [4.78, 5) is 16.2. The summed E-state index contributed by atoms with van der Waals surface area (Å²) in [5, 5.41) is 4.29. The van der Waals surface area contributed by atoms with Crippen LogP contribution in [-0.2, 0) is 4.79 Å². The van der Waals surface area contributed by atoms with Crippen LogP contribution in [0.5, 0.6) is 0 Å². The second-order valence-electron chi connectivity index (χ2n) is 6.90. The minimum Gasteiger partial charge on any atom is -0.364 e. The Morgan fingerprint density at radius 2 is 2.21 bits per heavy atom. The normalized spacial score (nSPS) is 41.2. The minimum absolute atomic E-state index is 0.0305. The molecule has 0 saturated heterocycles. The SMILES string of the molecule is CC(C)[C@@]1(C)SC(NCC2C[C@@H]3CCC2C3)=NC1=O. The van der Waals surface area contributed by atoms with Crippen LogP contribution in [0.4, 0.5) is 0 Å². The lowest BCUT2D eigenvalue weighted by Gasteiger charge is -2.25. The molecule has 1 aliphatic heterocycles. The molecule has 0 aromatic heterocycles.